The van der Waals surface area contributed by atoms with Crippen molar-refractivity contribution in [2.75, 3.05) is 40.6 Å². The van der Waals surface area contributed by atoms with Crippen molar-refractivity contribution >= 4 is 28.8 Å². The molecular formula is C22H26FN3O5S. The number of aliphatic imine (C=N–C) groups is 1. The van der Waals surface area contributed by atoms with Gasteiger partial charge in [-0.25, -0.2) is 14.2 Å². The summed E-state index contributed by atoms with van der Waals surface area (Å²) >= 11 is 1.33. The van der Waals surface area contributed by atoms with Gasteiger partial charge in [-0.1, -0.05) is 30.0 Å². The third kappa shape index (κ3) is 5.37. The number of hydrogen-bond donors (Lipinski definition) is 1. The van der Waals surface area contributed by atoms with E-state index in [-0.39, 0.29) is 31.1 Å². The Hall–Kier alpha value is -2.69. The van der Waals surface area contributed by atoms with Crippen LogP contribution < -0.4 is 5.32 Å². The van der Waals surface area contributed by atoms with Gasteiger partial charge in [0.05, 0.1) is 36.9 Å². The lowest BCUT2D eigenvalue weighted by Crippen LogP contribution is -2.38. The highest BCUT2D eigenvalue weighted by Gasteiger charge is 2.42. The smallest absolute Gasteiger partial charge is 0.338 e. The van der Waals surface area contributed by atoms with Crippen molar-refractivity contribution in [3.05, 3.63) is 58.0 Å². The summed E-state index contributed by atoms with van der Waals surface area (Å²) in [6.45, 7) is 2.77. The van der Waals surface area contributed by atoms with Crippen LogP contribution in [0.15, 0.2) is 51.6 Å². The normalized spacial score (nSPS) is 17.6. The first kappa shape index (κ1) is 24.0. The Labute approximate surface area is 190 Å². The first-order chi connectivity index (χ1) is 15.5. The van der Waals surface area contributed by atoms with E-state index >= 15 is 0 Å². The molecular weight excluding hydrogens is 437 g/mol. The minimum Gasteiger partial charge on any atom is -0.460 e. The van der Waals surface area contributed by atoms with E-state index in [1.54, 1.807) is 42.5 Å². The third-order valence-electron chi connectivity index (χ3n) is 4.91. The number of ether oxygens (including phenoxy) is 3. The molecule has 1 aromatic carbocycles. The van der Waals surface area contributed by atoms with Crippen molar-refractivity contribution < 1.29 is 28.2 Å². The van der Waals surface area contributed by atoms with Crippen LogP contribution in [0, 0.1) is 5.82 Å². The second-order valence-electron chi connectivity index (χ2n) is 7.06. The van der Waals surface area contributed by atoms with Crippen molar-refractivity contribution in [2.24, 2.45) is 4.99 Å². The summed E-state index contributed by atoms with van der Waals surface area (Å²) in [5, 5.41) is 5.15. The molecule has 0 saturated heterocycles. The summed E-state index contributed by atoms with van der Waals surface area (Å²) < 4.78 is 30.2. The van der Waals surface area contributed by atoms with Gasteiger partial charge in [-0.2, -0.15) is 0 Å². The molecule has 2 aliphatic heterocycles. The Kier molecular flexibility index (Phi) is 8.43. The monoisotopic (exact) mass is 463 g/mol. The Morgan fingerprint density at radius 2 is 1.94 bits per heavy atom. The number of allylic oxidation sites excluding steroid dienone is 1. The molecule has 2 aliphatic rings. The fraction of sp³-hybridized carbons (Fsp3) is 0.409. The fourth-order valence-electron chi connectivity index (χ4n) is 3.44. The number of methoxy groups -OCH3 is 2. The Bertz CT molecular complexity index is 963. The van der Waals surface area contributed by atoms with Crippen molar-refractivity contribution in [1.29, 1.82) is 0 Å². The van der Waals surface area contributed by atoms with Crippen molar-refractivity contribution in [2.45, 2.75) is 19.4 Å². The molecule has 0 aromatic heterocycles. The van der Waals surface area contributed by atoms with Gasteiger partial charge in [0.2, 0.25) is 5.91 Å². The van der Waals surface area contributed by atoms with Crippen LogP contribution >= 0.6 is 11.8 Å². The number of fused-ring (bicyclic) bond motifs is 1. The summed E-state index contributed by atoms with van der Waals surface area (Å²) in [4.78, 5) is 31.7. The summed E-state index contributed by atoms with van der Waals surface area (Å²) in [5.74, 6) is -1.27. The second-order valence-corrected chi connectivity index (χ2v) is 7.90. The zero-order valence-electron chi connectivity index (χ0n) is 18.2. The first-order valence-corrected chi connectivity index (χ1v) is 11.0. The molecule has 1 N–H and O–H groups in total. The Morgan fingerprint density at radius 1 is 1.19 bits per heavy atom. The minimum atomic E-state index is -0.813. The van der Waals surface area contributed by atoms with Gasteiger partial charge in [0, 0.05) is 32.0 Å². The average molecular weight is 464 g/mol. The van der Waals surface area contributed by atoms with E-state index in [1.807, 2.05) is 0 Å². The van der Waals surface area contributed by atoms with Gasteiger partial charge in [0.15, 0.2) is 5.17 Å². The van der Waals surface area contributed by atoms with Crippen LogP contribution in [0.1, 0.15) is 24.9 Å². The maximum Gasteiger partial charge on any atom is 0.338 e. The molecule has 0 bridgehead atoms. The number of carbonyl (C=O) groups is 2. The van der Waals surface area contributed by atoms with E-state index in [0.29, 0.717) is 35.3 Å². The number of nitrogens with zero attached hydrogens (tertiary/aromatic N) is 2. The van der Waals surface area contributed by atoms with Crippen LogP contribution in [-0.4, -0.2) is 62.5 Å². The molecule has 1 aromatic rings. The number of benzene rings is 1. The molecule has 8 nitrogen and oxygen atoms in total. The summed E-state index contributed by atoms with van der Waals surface area (Å²) in [6, 6.07) is 5.44. The predicted molar refractivity (Wildman–Crippen MR) is 119 cm³/mol. The predicted octanol–water partition coefficient (Wildman–Crippen LogP) is 2.74. The van der Waals surface area contributed by atoms with Gasteiger partial charge in [-0.05, 0) is 18.4 Å². The number of halogens is 1. The standard InChI is InChI=1S/C22H26FN3O5S/c1-14-19(21(28)31-11-10-30-3)20(16-6-4-5-7-17(16)23)26-15(13-32-22(26)25-14)12-18(27)24-8-9-29-2/h4-7,13,20H,8-12H2,1-3H3,(H,24,27). The molecule has 1 unspecified atom stereocenters. The van der Waals surface area contributed by atoms with Crippen LogP contribution in [-0.2, 0) is 23.8 Å². The Balaban J connectivity index is 1.94. The average Bonchev–Trinajstić information content (AvgIpc) is 3.15. The third-order valence-corrected chi connectivity index (χ3v) is 5.80. The SMILES string of the molecule is COCCNC(=O)CC1=CSC2=NC(C)=C(C(=O)OCCOC)C(c3ccccc3F)N12. The van der Waals surface area contributed by atoms with Gasteiger partial charge >= 0.3 is 5.97 Å². The zero-order valence-corrected chi connectivity index (χ0v) is 19.0. The lowest BCUT2D eigenvalue weighted by molar-refractivity contribution is -0.141. The molecule has 1 amide bonds. The molecule has 0 radical (unpaired) electrons. The van der Waals surface area contributed by atoms with E-state index in [0.717, 1.165) is 0 Å². The number of amidine groups is 1. The van der Waals surface area contributed by atoms with E-state index in [4.69, 9.17) is 14.2 Å². The number of thioether (sulfide) groups is 1. The lowest BCUT2D eigenvalue weighted by atomic mass is 9.93. The highest BCUT2D eigenvalue weighted by molar-refractivity contribution is 8.16. The molecule has 3 rings (SSSR count). The minimum absolute atomic E-state index is 0.0474. The van der Waals surface area contributed by atoms with Gasteiger partial charge in [-0.3, -0.25) is 4.79 Å². The molecule has 1 atom stereocenters. The zero-order chi connectivity index (χ0) is 23.1. The fourth-order valence-corrected chi connectivity index (χ4v) is 4.40. The lowest BCUT2D eigenvalue weighted by Gasteiger charge is -2.36. The summed E-state index contributed by atoms with van der Waals surface area (Å²) in [6.07, 6.45) is 0.0474. The van der Waals surface area contributed by atoms with Gasteiger partial charge < -0.3 is 24.4 Å². The Morgan fingerprint density at radius 3 is 2.66 bits per heavy atom. The number of nitrogens with one attached hydrogen (secondary N) is 1. The van der Waals surface area contributed by atoms with Crippen molar-refractivity contribution in [3.8, 4) is 0 Å². The molecule has 10 heteroatoms. The molecule has 0 aliphatic carbocycles. The maximum atomic E-state index is 14.9. The number of amides is 1. The molecule has 32 heavy (non-hydrogen) atoms. The number of hydrogen-bond acceptors (Lipinski definition) is 8. The maximum absolute atomic E-state index is 14.9. The highest BCUT2D eigenvalue weighted by Crippen LogP contribution is 2.45. The number of esters is 1. The van der Waals surface area contributed by atoms with Crippen molar-refractivity contribution in [1.82, 2.24) is 10.2 Å². The second kappa shape index (κ2) is 11.3. The number of carbonyl (C=O) groups excluding carboxylic acids is 2. The molecule has 0 saturated carbocycles. The first-order valence-electron chi connectivity index (χ1n) is 10.1. The van der Waals surface area contributed by atoms with Gasteiger partial charge in [0.25, 0.3) is 0 Å². The summed E-state index contributed by atoms with van der Waals surface area (Å²) in [5.41, 5.74) is 1.58. The van der Waals surface area contributed by atoms with Gasteiger partial charge in [-0.15, -0.1) is 0 Å². The topological polar surface area (TPSA) is 89.5 Å². The van der Waals surface area contributed by atoms with Crippen LogP contribution in [0.2, 0.25) is 0 Å². The van der Waals surface area contributed by atoms with E-state index in [9.17, 15) is 14.0 Å². The van der Waals surface area contributed by atoms with Crippen molar-refractivity contribution in [3.63, 3.8) is 0 Å². The van der Waals surface area contributed by atoms with Crippen LogP contribution in [0.5, 0.6) is 0 Å². The van der Waals surface area contributed by atoms with E-state index in [1.165, 1.54) is 24.9 Å². The summed E-state index contributed by atoms with van der Waals surface area (Å²) in [7, 11) is 3.06. The van der Waals surface area contributed by atoms with E-state index in [2.05, 4.69) is 10.3 Å². The molecule has 0 spiro atoms. The molecule has 0 fully saturated rings. The van der Waals surface area contributed by atoms with E-state index < -0.39 is 17.8 Å². The van der Waals surface area contributed by atoms with Crippen LogP contribution in [0.25, 0.3) is 0 Å². The number of rotatable bonds is 10. The quantitative estimate of drug-likeness (QED) is 0.422. The molecule has 172 valence electrons. The highest BCUT2D eigenvalue weighted by atomic mass is 32.2. The van der Waals surface area contributed by atoms with Crippen LogP contribution in [0.4, 0.5) is 4.39 Å². The largest absolute Gasteiger partial charge is 0.460 e. The van der Waals surface area contributed by atoms with Crippen LogP contribution in [0.3, 0.4) is 0 Å². The van der Waals surface area contributed by atoms with Gasteiger partial charge in [0.1, 0.15) is 12.4 Å². The molecule has 2 heterocycles.